The maximum Gasteiger partial charge on any atom is 0.0648 e. The molecule has 0 aromatic rings. The summed E-state index contributed by atoms with van der Waals surface area (Å²) in [5, 5.41) is 9.06. The molecule has 0 bridgehead atoms. The normalized spacial score (nSPS) is 12.9. The van der Waals surface area contributed by atoms with E-state index >= 15 is 0 Å². The molecule has 0 saturated carbocycles. The monoisotopic (exact) mass is 101 g/mol. The minimum Gasteiger partial charge on any atom is -0.390 e. The van der Waals surface area contributed by atoms with Gasteiger partial charge in [0.15, 0.2) is 0 Å². The summed E-state index contributed by atoms with van der Waals surface area (Å²) in [6.07, 6.45) is 0. The van der Waals surface area contributed by atoms with Gasteiger partial charge in [0.1, 0.15) is 0 Å². The van der Waals surface area contributed by atoms with Crippen LogP contribution in [-0.2, 0) is 0 Å². The number of rotatable bonds is 1. The second-order valence-corrected chi connectivity index (χ2v) is 2.56. The third kappa shape index (κ3) is 2.63. The molecule has 1 N–H and O–H groups in total. The van der Waals surface area contributed by atoms with Crippen molar-refractivity contribution in [3.8, 4) is 0 Å². The van der Waals surface area contributed by atoms with Crippen LogP contribution in [0.3, 0.4) is 0 Å². The zero-order valence-corrected chi connectivity index (χ0v) is 5.45. The molecule has 1 radical (unpaired) electrons. The SMILES string of the molecule is C[C](C)C(C)(C)O. The van der Waals surface area contributed by atoms with Gasteiger partial charge in [-0.15, -0.1) is 0 Å². The van der Waals surface area contributed by atoms with Gasteiger partial charge in [0.25, 0.3) is 0 Å². The fourth-order valence-electron chi connectivity index (χ4n) is 0. The van der Waals surface area contributed by atoms with E-state index in [2.05, 4.69) is 0 Å². The maximum atomic E-state index is 9.06. The molecule has 0 aliphatic carbocycles. The van der Waals surface area contributed by atoms with Crippen molar-refractivity contribution in [2.45, 2.75) is 33.3 Å². The summed E-state index contributed by atoms with van der Waals surface area (Å²) in [7, 11) is 0. The third-order valence-corrected chi connectivity index (χ3v) is 1.22. The predicted molar refractivity (Wildman–Crippen MR) is 30.9 cm³/mol. The first-order valence-corrected chi connectivity index (χ1v) is 2.47. The van der Waals surface area contributed by atoms with Crippen molar-refractivity contribution in [1.82, 2.24) is 0 Å². The van der Waals surface area contributed by atoms with Crippen LogP contribution in [0.1, 0.15) is 27.7 Å². The zero-order valence-electron chi connectivity index (χ0n) is 5.45. The van der Waals surface area contributed by atoms with E-state index in [9.17, 15) is 0 Å². The van der Waals surface area contributed by atoms with Crippen LogP contribution in [0, 0.1) is 5.92 Å². The van der Waals surface area contributed by atoms with Crippen molar-refractivity contribution >= 4 is 0 Å². The van der Waals surface area contributed by atoms with E-state index in [-0.39, 0.29) is 0 Å². The molecule has 7 heavy (non-hydrogen) atoms. The van der Waals surface area contributed by atoms with Crippen LogP contribution in [-0.4, -0.2) is 10.7 Å². The van der Waals surface area contributed by atoms with Gasteiger partial charge in [-0.3, -0.25) is 0 Å². The largest absolute Gasteiger partial charge is 0.390 e. The molecule has 43 valence electrons. The van der Waals surface area contributed by atoms with Crippen molar-refractivity contribution in [3.63, 3.8) is 0 Å². The molecule has 1 heteroatoms. The van der Waals surface area contributed by atoms with Crippen molar-refractivity contribution in [3.05, 3.63) is 5.92 Å². The lowest BCUT2D eigenvalue weighted by atomic mass is 9.95. The second-order valence-electron chi connectivity index (χ2n) is 2.56. The van der Waals surface area contributed by atoms with Crippen LogP contribution < -0.4 is 0 Å². The van der Waals surface area contributed by atoms with E-state index in [0.717, 1.165) is 5.92 Å². The van der Waals surface area contributed by atoms with Gasteiger partial charge in [-0.1, -0.05) is 13.8 Å². The lowest BCUT2D eigenvalue weighted by Crippen LogP contribution is -2.23. The minimum absolute atomic E-state index is 0.583. The molecule has 0 amide bonds. The summed E-state index contributed by atoms with van der Waals surface area (Å²) in [6.45, 7) is 7.39. The first-order valence-electron chi connectivity index (χ1n) is 2.47. The van der Waals surface area contributed by atoms with Crippen LogP contribution in [0.25, 0.3) is 0 Å². The summed E-state index contributed by atoms with van der Waals surface area (Å²) in [6, 6.07) is 0. The molecule has 0 rings (SSSR count). The third-order valence-electron chi connectivity index (χ3n) is 1.22. The Hall–Kier alpha value is -0.0400. The summed E-state index contributed by atoms with van der Waals surface area (Å²) in [5.74, 6) is 1.05. The molecular weight excluding hydrogens is 88.1 g/mol. The van der Waals surface area contributed by atoms with Gasteiger partial charge in [-0.2, -0.15) is 0 Å². The topological polar surface area (TPSA) is 20.2 Å². The molecule has 0 atom stereocenters. The van der Waals surface area contributed by atoms with Gasteiger partial charge in [0.05, 0.1) is 5.60 Å². The van der Waals surface area contributed by atoms with Crippen molar-refractivity contribution in [2.24, 2.45) is 0 Å². The van der Waals surface area contributed by atoms with E-state index in [4.69, 9.17) is 5.11 Å². The Labute approximate surface area is 45.4 Å². The van der Waals surface area contributed by atoms with Crippen LogP contribution in [0.2, 0.25) is 0 Å². The Bertz CT molecular complexity index is 49.7. The Kier molecular flexibility index (Phi) is 1.82. The lowest BCUT2D eigenvalue weighted by molar-refractivity contribution is 0.0966. The summed E-state index contributed by atoms with van der Waals surface area (Å²) in [5.41, 5.74) is -0.583. The average molecular weight is 101 g/mol. The molecule has 0 saturated heterocycles. The number of aliphatic hydroxyl groups is 1. The van der Waals surface area contributed by atoms with Crippen LogP contribution in [0.15, 0.2) is 0 Å². The maximum absolute atomic E-state index is 9.06. The molecular formula is C6H13O. The van der Waals surface area contributed by atoms with E-state index < -0.39 is 5.60 Å². The minimum atomic E-state index is -0.583. The fourth-order valence-corrected chi connectivity index (χ4v) is 0. The fraction of sp³-hybridized carbons (Fsp3) is 0.833. The molecule has 0 aromatic carbocycles. The van der Waals surface area contributed by atoms with Gasteiger partial charge >= 0.3 is 0 Å². The molecule has 0 fully saturated rings. The Morgan fingerprint density at radius 3 is 1.43 bits per heavy atom. The van der Waals surface area contributed by atoms with Gasteiger partial charge in [-0.05, 0) is 13.8 Å². The van der Waals surface area contributed by atoms with Gasteiger partial charge in [0, 0.05) is 5.92 Å². The highest BCUT2D eigenvalue weighted by molar-refractivity contribution is 4.94. The van der Waals surface area contributed by atoms with Crippen molar-refractivity contribution in [2.75, 3.05) is 0 Å². The second kappa shape index (κ2) is 1.83. The quantitative estimate of drug-likeness (QED) is 0.529. The average Bonchev–Trinajstić information content (AvgIpc) is 1.31. The van der Waals surface area contributed by atoms with Gasteiger partial charge < -0.3 is 5.11 Å². The van der Waals surface area contributed by atoms with E-state index in [1.54, 1.807) is 13.8 Å². The first kappa shape index (κ1) is 6.96. The number of hydrogen-bond donors (Lipinski definition) is 1. The molecule has 0 aliphatic heterocycles. The van der Waals surface area contributed by atoms with E-state index in [1.807, 2.05) is 13.8 Å². The van der Waals surface area contributed by atoms with Gasteiger partial charge in [0.2, 0.25) is 0 Å². The molecule has 0 aromatic heterocycles. The smallest absolute Gasteiger partial charge is 0.0648 e. The Balaban J connectivity index is 3.54. The van der Waals surface area contributed by atoms with Crippen LogP contribution >= 0.6 is 0 Å². The predicted octanol–water partition coefficient (Wildman–Crippen LogP) is 1.37. The highest BCUT2D eigenvalue weighted by Gasteiger charge is 2.16. The lowest BCUT2D eigenvalue weighted by Gasteiger charge is -2.20. The summed E-state index contributed by atoms with van der Waals surface area (Å²) >= 11 is 0. The van der Waals surface area contributed by atoms with Crippen molar-refractivity contribution in [1.29, 1.82) is 0 Å². The molecule has 0 spiro atoms. The Morgan fingerprint density at radius 1 is 1.29 bits per heavy atom. The van der Waals surface area contributed by atoms with E-state index in [1.165, 1.54) is 0 Å². The Morgan fingerprint density at radius 2 is 1.43 bits per heavy atom. The van der Waals surface area contributed by atoms with Crippen LogP contribution in [0.4, 0.5) is 0 Å². The molecule has 1 nitrogen and oxygen atoms in total. The number of hydrogen-bond acceptors (Lipinski definition) is 1. The standard InChI is InChI=1S/C6H13O/c1-5(2)6(3,4)7/h7H,1-4H3. The van der Waals surface area contributed by atoms with Crippen molar-refractivity contribution < 1.29 is 5.11 Å². The molecule has 0 heterocycles. The summed E-state index contributed by atoms with van der Waals surface area (Å²) in [4.78, 5) is 0. The van der Waals surface area contributed by atoms with Crippen LogP contribution in [0.5, 0.6) is 0 Å². The summed E-state index contributed by atoms with van der Waals surface area (Å²) < 4.78 is 0. The molecule has 0 aliphatic rings. The highest BCUT2D eigenvalue weighted by atomic mass is 16.3. The molecule has 0 unspecified atom stereocenters. The zero-order chi connectivity index (χ0) is 6.08. The highest BCUT2D eigenvalue weighted by Crippen LogP contribution is 2.15. The first-order chi connectivity index (χ1) is 2.94. The van der Waals surface area contributed by atoms with E-state index in [0.29, 0.717) is 0 Å². The van der Waals surface area contributed by atoms with Gasteiger partial charge in [-0.25, -0.2) is 0 Å².